The summed E-state index contributed by atoms with van der Waals surface area (Å²) in [6.07, 6.45) is 7.37. The molecule has 19 heavy (non-hydrogen) atoms. The first kappa shape index (κ1) is 15.8. The van der Waals surface area contributed by atoms with Crippen LogP contribution in [-0.4, -0.2) is 17.7 Å². The van der Waals surface area contributed by atoms with Crippen LogP contribution in [0.2, 0.25) is 0 Å². The van der Waals surface area contributed by atoms with Crippen molar-refractivity contribution in [3.63, 3.8) is 0 Å². The second kappa shape index (κ2) is 8.75. The lowest BCUT2D eigenvalue weighted by atomic mass is 10.2. The average Bonchev–Trinajstić information content (AvgIpc) is 2.38. The summed E-state index contributed by atoms with van der Waals surface area (Å²) >= 11 is 3.43. The number of aliphatic carboxylic acids is 1. The zero-order chi connectivity index (χ0) is 14.1. The first-order valence-corrected chi connectivity index (χ1v) is 7.26. The van der Waals surface area contributed by atoms with Crippen LogP contribution in [-0.2, 0) is 4.79 Å². The summed E-state index contributed by atoms with van der Waals surface area (Å²) < 4.78 is 6.52. The molecule has 0 aliphatic carbocycles. The summed E-state index contributed by atoms with van der Waals surface area (Å²) in [6, 6.07) is 5.54. The van der Waals surface area contributed by atoms with E-state index in [0.29, 0.717) is 6.61 Å². The molecule has 0 aliphatic rings. The van der Waals surface area contributed by atoms with E-state index in [9.17, 15) is 4.79 Å². The van der Waals surface area contributed by atoms with Crippen LogP contribution in [0.5, 0.6) is 5.75 Å². The lowest BCUT2D eigenvalue weighted by Gasteiger charge is -2.08. The van der Waals surface area contributed by atoms with Crippen molar-refractivity contribution in [2.75, 3.05) is 6.61 Å². The summed E-state index contributed by atoms with van der Waals surface area (Å²) in [7, 11) is 0. The number of hydrogen-bond acceptors (Lipinski definition) is 2. The average molecular weight is 327 g/mol. The van der Waals surface area contributed by atoms with Crippen molar-refractivity contribution < 1.29 is 14.6 Å². The van der Waals surface area contributed by atoms with Gasteiger partial charge < -0.3 is 9.84 Å². The van der Waals surface area contributed by atoms with Crippen molar-refractivity contribution in [3.8, 4) is 5.75 Å². The Labute approximate surface area is 122 Å². The first-order chi connectivity index (χ1) is 9.13. The smallest absolute Gasteiger partial charge is 0.328 e. The minimum absolute atomic E-state index is 0.711. The van der Waals surface area contributed by atoms with Gasteiger partial charge in [-0.15, -0.1) is 0 Å². The molecule has 0 saturated heterocycles. The third kappa shape index (κ3) is 6.43. The number of hydrogen-bond donors (Lipinski definition) is 1. The molecule has 0 atom stereocenters. The number of unbranched alkanes of at least 4 members (excludes halogenated alkanes) is 3. The van der Waals surface area contributed by atoms with Gasteiger partial charge in [0, 0.05) is 6.08 Å². The van der Waals surface area contributed by atoms with Crippen LogP contribution >= 0.6 is 15.9 Å². The molecule has 1 aromatic rings. The number of benzene rings is 1. The highest BCUT2D eigenvalue weighted by Gasteiger charge is 2.01. The van der Waals surface area contributed by atoms with Crippen LogP contribution in [0.15, 0.2) is 28.7 Å². The molecule has 0 saturated carbocycles. The van der Waals surface area contributed by atoms with E-state index in [4.69, 9.17) is 9.84 Å². The van der Waals surface area contributed by atoms with Crippen molar-refractivity contribution in [1.82, 2.24) is 0 Å². The van der Waals surface area contributed by atoms with Gasteiger partial charge in [-0.25, -0.2) is 4.79 Å². The number of rotatable bonds is 8. The van der Waals surface area contributed by atoms with Gasteiger partial charge in [0.05, 0.1) is 11.1 Å². The summed E-state index contributed by atoms with van der Waals surface area (Å²) in [5.41, 5.74) is 0.826. The summed E-state index contributed by atoms with van der Waals surface area (Å²) in [6.45, 7) is 2.89. The van der Waals surface area contributed by atoms with Crippen molar-refractivity contribution >= 4 is 28.0 Å². The maximum Gasteiger partial charge on any atom is 0.328 e. The molecule has 0 radical (unpaired) electrons. The maximum absolute atomic E-state index is 10.4. The standard InChI is InChI=1S/C15H19BrO3/c1-2-3-4-5-10-19-14-8-6-12(11-13(14)16)7-9-15(17)18/h6-9,11H,2-5,10H2,1H3,(H,17,18)/b9-7+. The summed E-state index contributed by atoms with van der Waals surface area (Å²) in [4.78, 5) is 10.4. The van der Waals surface area contributed by atoms with Gasteiger partial charge in [-0.2, -0.15) is 0 Å². The Kier molecular flexibility index (Phi) is 7.26. The highest BCUT2D eigenvalue weighted by Crippen LogP contribution is 2.26. The Morgan fingerprint density at radius 1 is 1.37 bits per heavy atom. The molecular weight excluding hydrogens is 308 g/mol. The largest absolute Gasteiger partial charge is 0.492 e. The van der Waals surface area contributed by atoms with E-state index in [1.807, 2.05) is 18.2 Å². The molecule has 0 amide bonds. The summed E-state index contributed by atoms with van der Waals surface area (Å²) in [5, 5.41) is 8.56. The Morgan fingerprint density at radius 3 is 2.79 bits per heavy atom. The minimum atomic E-state index is -0.952. The second-order valence-corrected chi connectivity index (χ2v) is 5.12. The third-order valence-electron chi connectivity index (χ3n) is 2.63. The Bertz CT molecular complexity index is 441. The van der Waals surface area contributed by atoms with Crippen LogP contribution in [0, 0.1) is 0 Å². The number of halogens is 1. The molecule has 1 aromatic carbocycles. The molecule has 104 valence electrons. The number of ether oxygens (including phenoxy) is 1. The minimum Gasteiger partial charge on any atom is -0.492 e. The lowest BCUT2D eigenvalue weighted by molar-refractivity contribution is -0.131. The quantitative estimate of drug-likeness (QED) is 0.565. The fourth-order valence-electron chi connectivity index (χ4n) is 1.62. The predicted octanol–water partition coefficient (Wildman–Crippen LogP) is 4.51. The van der Waals surface area contributed by atoms with E-state index >= 15 is 0 Å². The van der Waals surface area contributed by atoms with Gasteiger partial charge in [-0.3, -0.25) is 0 Å². The molecular formula is C15H19BrO3. The van der Waals surface area contributed by atoms with Gasteiger partial charge in [0.15, 0.2) is 0 Å². The monoisotopic (exact) mass is 326 g/mol. The summed E-state index contributed by atoms with van der Waals surface area (Å²) in [5.74, 6) is -0.156. The molecule has 1 N–H and O–H groups in total. The van der Waals surface area contributed by atoms with E-state index in [-0.39, 0.29) is 0 Å². The van der Waals surface area contributed by atoms with E-state index in [1.165, 1.54) is 19.3 Å². The van der Waals surface area contributed by atoms with E-state index < -0.39 is 5.97 Å². The van der Waals surface area contributed by atoms with Gasteiger partial charge in [-0.1, -0.05) is 32.3 Å². The highest BCUT2D eigenvalue weighted by molar-refractivity contribution is 9.10. The molecule has 0 heterocycles. The van der Waals surface area contributed by atoms with Crippen LogP contribution in [0.3, 0.4) is 0 Å². The van der Waals surface area contributed by atoms with Crippen molar-refractivity contribution in [1.29, 1.82) is 0 Å². The molecule has 0 aliphatic heterocycles. The number of carbonyl (C=O) groups is 1. The molecule has 0 bridgehead atoms. The molecule has 0 unspecified atom stereocenters. The fraction of sp³-hybridized carbons (Fsp3) is 0.400. The maximum atomic E-state index is 10.4. The molecule has 0 fully saturated rings. The molecule has 1 rings (SSSR count). The van der Waals surface area contributed by atoms with Crippen LogP contribution in [0.4, 0.5) is 0 Å². The lowest BCUT2D eigenvalue weighted by Crippen LogP contribution is -1.98. The molecule has 0 aromatic heterocycles. The van der Waals surface area contributed by atoms with Crippen LogP contribution in [0.25, 0.3) is 6.08 Å². The molecule has 0 spiro atoms. The van der Waals surface area contributed by atoms with Crippen LogP contribution < -0.4 is 4.74 Å². The number of carboxylic acid groups (broad SMARTS) is 1. The fourth-order valence-corrected chi connectivity index (χ4v) is 2.13. The van der Waals surface area contributed by atoms with Crippen molar-refractivity contribution in [2.45, 2.75) is 32.6 Å². The zero-order valence-electron chi connectivity index (χ0n) is 11.1. The Hall–Kier alpha value is -1.29. The Morgan fingerprint density at radius 2 is 2.16 bits per heavy atom. The van der Waals surface area contributed by atoms with Gasteiger partial charge in [0.25, 0.3) is 0 Å². The molecule has 3 nitrogen and oxygen atoms in total. The third-order valence-corrected chi connectivity index (χ3v) is 3.25. The van der Waals surface area contributed by atoms with Gasteiger partial charge >= 0.3 is 5.97 Å². The zero-order valence-corrected chi connectivity index (χ0v) is 12.6. The van der Waals surface area contributed by atoms with Gasteiger partial charge in [0.2, 0.25) is 0 Å². The Balaban J connectivity index is 2.50. The number of carboxylic acids is 1. The second-order valence-electron chi connectivity index (χ2n) is 4.27. The predicted molar refractivity (Wildman–Crippen MR) is 80.4 cm³/mol. The van der Waals surface area contributed by atoms with Gasteiger partial charge in [0.1, 0.15) is 5.75 Å². The normalized spacial score (nSPS) is 10.8. The van der Waals surface area contributed by atoms with Crippen molar-refractivity contribution in [2.24, 2.45) is 0 Å². The molecule has 4 heteroatoms. The van der Waals surface area contributed by atoms with E-state index in [2.05, 4.69) is 22.9 Å². The van der Waals surface area contributed by atoms with E-state index in [0.717, 1.165) is 28.3 Å². The first-order valence-electron chi connectivity index (χ1n) is 6.47. The van der Waals surface area contributed by atoms with Gasteiger partial charge in [-0.05, 0) is 46.1 Å². The van der Waals surface area contributed by atoms with Crippen LogP contribution in [0.1, 0.15) is 38.2 Å². The van der Waals surface area contributed by atoms with Crippen molar-refractivity contribution in [3.05, 3.63) is 34.3 Å². The topological polar surface area (TPSA) is 46.5 Å². The van der Waals surface area contributed by atoms with E-state index in [1.54, 1.807) is 6.08 Å². The SMILES string of the molecule is CCCCCCOc1ccc(/C=C/C(=O)O)cc1Br. The highest BCUT2D eigenvalue weighted by atomic mass is 79.9.